The molecule has 2 nitrogen and oxygen atoms in total. The Kier molecular flexibility index (Phi) is 2.66. The smallest absolute Gasteiger partial charge is 0.0647 e. The maximum absolute atomic E-state index is 5.53. The van der Waals surface area contributed by atoms with E-state index in [9.17, 15) is 0 Å². The maximum Gasteiger partial charge on any atom is 0.0647 e. The molecule has 0 bridgehead atoms. The molecule has 0 aliphatic rings. The summed E-state index contributed by atoms with van der Waals surface area (Å²) < 4.78 is 0. The number of nitrogens with zero attached hydrogens (tertiary/aromatic N) is 1. The van der Waals surface area contributed by atoms with Crippen LogP contribution in [0.5, 0.6) is 0 Å². The van der Waals surface area contributed by atoms with Crippen molar-refractivity contribution in [3.8, 4) is 0 Å². The first kappa shape index (κ1) is 7.51. The summed E-state index contributed by atoms with van der Waals surface area (Å²) in [5.74, 6) is 0.463. The number of alkyl halides is 1. The van der Waals surface area contributed by atoms with E-state index in [2.05, 4.69) is 4.98 Å². The molecule has 0 spiro atoms. The second-order valence-corrected chi connectivity index (χ2v) is 2.26. The molecule has 1 rings (SSSR count). The SMILES string of the molecule is NCc1ccc(CCl)nc1. The molecule has 0 amide bonds. The Morgan fingerprint density at radius 2 is 2.30 bits per heavy atom. The van der Waals surface area contributed by atoms with E-state index < -0.39 is 0 Å². The van der Waals surface area contributed by atoms with Crippen LogP contribution >= 0.6 is 11.6 Å². The summed E-state index contributed by atoms with van der Waals surface area (Å²) in [6.45, 7) is 0.537. The zero-order valence-corrected chi connectivity index (χ0v) is 6.30. The second kappa shape index (κ2) is 3.54. The van der Waals surface area contributed by atoms with Gasteiger partial charge in [-0.25, -0.2) is 0 Å². The van der Waals surface area contributed by atoms with E-state index in [0.717, 1.165) is 11.3 Å². The number of hydrogen-bond acceptors (Lipinski definition) is 2. The van der Waals surface area contributed by atoms with Gasteiger partial charge >= 0.3 is 0 Å². The summed E-state index contributed by atoms with van der Waals surface area (Å²) >= 11 is 5.53. The summed E-state index contributed by atoms with van der Waals surface area (Å²) in [7, 11) is 0. The van der Waals surface area contributed by atoms with Gasteiger partial charge in [-0.2, -0.15) is 0 Å². The normalized spacial score (nSPS) is 9.80. The minimum atomic E-state index is 0.463. The minimum Gasteiger partial charge on any atom is -0.326 e. The molecule has 10 heavy (non-hydrogen) atoms. The molecule has 0 aromatic carbocycles. The van der Waals surface area contributed by atoms with E-state index >= 15 is 0 Å². The van der Waals surface area contributed by atoms with Gasteiger partial charge in [0.2, 0.25) is 0 Å². The topological polar surface area (TPSA) is 38.9 Å². The lowest BCUT2D eigenvalue weighted by molar-refractivity contribution is 1.03. The lowest BCUT2D eigenvalue weighted by Crippen LogP contribution is -1.97. The first-order chi connectivity index (χ1) is 4.86. The number of hydrogen-bond donors (Lipinski definition) is 1. The Morgan fingerprint density at radius 3 is 2.70 bits per heavy atom. The zero-order valence-electron chi connectivity index (χ0n) is 5.55. The van der Waals surface area contributed by atoms with Gasteiger partial charge in [0.05, 0.1) is 11.6 Å². The monoisotopic (exact) mass is 156 g/mol. The third-order valence-electron chi connectivity index (χ3n) is 1.26. The van der Waals surface area contributed by atoms with Gasteiger partial charge < -0.3 is 5.73 Å². The number of aromatic nitrogens is 1. The van der Waals surface area contributed by atoms with E-state index in [0.29, 0.717) is 12.4 Å². The summed E-state index contributed by atoms with van der Waals surface area (Å²) in [5, 5.41) is 0. The Hall–Kier alpha value is -0.600. The summed E-state index contributed by atoms with van der Waals surface area (Å²) in [6.07, 6.45) is 1.75. The molecule has 0 saturated carbocycles. The van der Waals surface area contributed by atoms with Crippen molar-refractivity contribution in [2.45, 2.75) is 12.4 Å². The zero-order chi connectivity index (χ0) is 7.40. The fourth-order valence-corrected chi connectivity index (χ4v) is 0.813. The number of rotatable bonds is 2. The molecule has 1 heterocycles. The highest BCUT2D eigenvalue weighted by atomic mass is 35.5. The number of nitrogens with two attached hydrogens (primary N) is 1. The van der Waals surface area contributed by atoms with Gasteiger partial charge in [0.25, 0.3) is 0 Å². The maximum atomic E-state index is 5.53. The van der Waals surface area contributed by atoms with Crippen LogP contribution in [0, 0.1) is 0 Å². The highest BCUT2D eigenvalue weighted by molar-refractivity contribution is 6.16. The van der Waals surface area contributed by atoms with Crippen LogP contribution in [0.2, 0.25) is 0 Å². The van der Waals surface area contributed by atoms with Gasteiger partial charge in [0, 0.05) is 12.7 Å². The van der Waals surface area contributed by atoms with Gasteiger partial charge in [-0.1, -0.05) is 6.07 Å². The largest absolute Gasteiger partial charge is 0.326 e. The second-order valence-electron chi connectivity index (χ2n) is 2.00. The molecule has 0 fully saturated rings. The Bertz CT molecular complexity index is 172. The van der Waals surface area contributed by atoms with Crippen molar-refractivity contribution >= 4 is 11.6 Å². The number of pyridine rings is 1. The highest BCUT2D eigenvalue weighted by Gasteiger charge is 1.90. The molecule has 54 valence electrons. The average molecular weight is 157 g/mol. The summed E-state index contributed by atoms with van der Waals surface area (Å²) in [6, 6.07) is 3.82. The van der Waals surface area contributed by atoms with Crippen LogP contribution in [0.15, 0.2) is 18.3 Å². The van der Waals surface area contributed by atoms with E-state index in [1.807, 2.05) is 12.1 Å². The molecule has 0 aliphatic carbocycles. The van der Waals surface area contributed by atoms with Gasteiger partial charge in [-0.3, -0.25) is 4.98 Å². The minimum absolute atomic E-state index is 0.463. The average Bonchev–Trinajstić information content (AvgIpc) is 2.05. The van der Waals surface area contributed by atoms with E-state index in [4.69, 9.17) is 17.3 Å². The predicted molar refractivity (Wildman–Crippen MR) is 41.7 cm³/mol. The molecule has 0 saturated heterocycles. The van der Waals surface area contributed by atoms with Crippen molar-refractivity contribution in [3.63, 3.8) is 0 Å². The summed E-state index contributed by atoms with van der Waals surface area (Å²) in [4.78, 5) is 4.06. The van der Waals surface area contributed by atoms with Crippen molar-refractivity contribution in [2.75, 3.05) is 0 Å². The van der Waals surface area contributed by atoms with Gasteiger partial charge in [0.15, 0.2) is 0 Å². The van der Waals surface area contributed by atoms with Crippen molar-refractivity contribution in [2.24, 2.45) is 5.73 Å². The molecule has 3 heteroatoms. The van der Waals surface area contributed by atoms with Crippen LogP contribution in [0.4, 0.5) is 0 Å². The first-order valence-electron chi connectivity index (χ1n) is 3.06. The predicted octanol–water partition coefficient (Wildman–Crippen LogP) is 1.28. The lowest BCUT2D eigenvalue weighted by atomic mass is 10.2. The van der Waals surface area contributed by atoms with Gasteiger partial charge in [-0.05, 0) is 11.6 Å². The third-order valence-corrected chi connectivity index (χ3v) is 1.53. The van der Waals surface area contributed by atoms with Crippen LogP contribution in [0.1, 0.15) is 11.3 Å². The molecule has 0 unspecified atom stereocenters. The quantitative estimate of drug-likeness (QED) is 0.656. The number of halogens is 1. The van der Waals surface area contributed by atoms with Crippen LogP contribution < -0.4 is 5.73 Å². The molecule has 0 aliphatic heterocycles. The highest BCUT2D eigenvalue weighted by Crippen LogP contribution is 2.01. The van der Waals surface area contributed by atoms with Gasteiger partial charge in [0.1, 0.15) is 0 Å². The van der Waals surface area contributed by atoms with E-state index in [1.54, 1.807) is 6.20 Å². The lowest BCUT2D eigenvalue weighted by Gasteiger charge is -1.95. The Labute approximate surface area is 65.0 Å². The van der Waals surface area contributed by atoms with E-state index in [-0.39, 0.29) is 0 Å². The standard InChI is InChI=1S/C7H9ClN2/c8-3-7-2-1-6(4-9)5-10-7/h1-2,5H,3-4,9H2. The molecule has 2 N–H and O–H groups in total. The van der Waals surface area contributed by atoms with Crippen LogP contribution in [0.25, 0.3) is 0 Å². The molecular formula is C7H9ClN2. The Balaban J connectivity index is 2.80. The van der Waals surface area contributed by atoms with Crippen LogP contribution in [0.3, 0.4) is 0 Å². The first-order valence-corrected chi connectivity index (χ1v) is 3.60. The third kappa shape index (κ3) is 1.69. The van der Waals surface area contributed by atoms with Crippen molar-refractivity contribution in [3.05, 3.63) is 29.6 Å². The fraction of sp³-hybridized carbons (Fsp3) is 0.286. The van der Waals surface area contributed by atoms with Gasteiger partial charge in [-0.15, -0.1) is 11.6 Å². The fourth-order valence-electron chi connectivity index (χ4n) is 0.655. The molecular weight excluding hydrogens is 148 g/mol. The molecule has 1 aromatic rings. The van der Waals surface area contributed by atoms with Crippen molar-refractivity contribution < 1.29 is 0 Å². The summed E-state index contributed by atoms with van der Waals surface area (Å²) in [5.41, 5.74) is 7.29. The van der Waals surface area contributed by atoms with Crippen LogP contribution in [-0.2, 0) is 12.4 Å². The van der Waals surface area contributed by atoms with Crippen LogP contribution in [-0.4, -0.2) is 4.98 Å². The van der Waals surface area contributed by atoms with E-state index in [1.165, 1.54) is 0 Å². The van der Waals surface area contributed by atoms with Crippen molar-refractivity contribution in [1.82, 2.24) is 4.98 Å². The molecule has 0 radical (unpaired) electrons. The molecule has 1 aromatic heterocycles. The Morgan fingerprint density at radius 1 is 1.50 bits per heavy atom. The van der Waals surface area contributed by atoms with Crippen molar-refractivity contribution in [1.29, 1.82) is 0 Å². The molecule has 0 atom stereocenters.